The average Bonchev–Trinajstić information content (AvgIpc) is 2.82. The van der Waals surface area contributed by atoms with Gasteiger partial charge in [-0.3, -0.25) is 0 Å². The molecule has 2 aromatic rings. The molecule has 1 unspecified atom stereocenters. The van der Waals surface area contributed by atoms with Crippen molar-refractivity contribution in [2.75, 3.05) is 18.1 Å². The number of thioether (sulfide) groups is 1. The molecular formula is C13H16N2OS. The van der Waals surface area contributed by atoms with Crippen LogP contribution < -0.4 is 5.32 Å². The number of fused-ring (bicyclic) bond motifs is 1. The molecule has 90 valence electrons. The van der Waals surface area contributed by atoms with E-state index in [0.717, 1.165) is 35.7 Å². The summed E-state index contributed by atoms with van der Waals surface area (Å²) in [7, 11) is 0. The topological polar surface area (TPSA) is 38.1 Å². The van der Waals surface area contributed by atoms with Crippen molar-refractivity contribution in [3.63, 3.8) is 0 Å². The summed E-state index contributed by atoms with van der Waals surface area (Å²) in [4.78, 5) is 4.60. The zero-order valence-corrected chi connectivity index (χ0v) is 10.7. The third-order valence-corrected chi connectivity index (χ3v) is 4.16. The fourth-order valence-corrected chi connectivity index (χ4v) is 3.01. The average molecular weight is 248 g/mol. The van der Waals surface area contributed by atoms with E-state index in [2.05, 4.69) is 29.4 Å². The Bertz CT molecular complexity index is 517. The lowest BCUT2D eigenvalue weighted by Gasteiger charge is -2.19. The minimum atomic E-state index is 0.270. The Balaban J connectivity index is 1.95. The number of nitrogens with one attached hydrogen (secondary N) is 1. The van der Waals surface area contributed by atoms with Crippen LogP contribution in [0.2, 0.25) is 0 Å². The summed E-state index contributed by atoms with van der Waals surface area (Å²) in [5, 5.41) is 3.45. The molecule has 0 spiro atoms. The predicted octanol–water partition coefficient (Wildman–Crippen LogP) is 2.77. The van der Waals surface area contributed by atoms with Crippen molar-refractivity contribution < 1.29 is 4.42 Å². The molecule has 0 saturated carbocycles. The van der Waals surface area contributed by atoms with E-state index in [-0.39, 0.29) is 6.04 Å². The van der Waals surface area contributed by atoms with Crippen LogP contribution in [0.5, 0.6) is 0 Å². The lowest BCUT2D eigenvalue weighted by Crippen LogP contribution is -2.30. The number of aryl methyl sites for hydroxylation is 1. The highest BCUT2D eigenvalue weighted by molar-refractivity contribution is 7.99. The molecule has 0 amide bonds. The second-order valence-corrected chi connectivity index (χ2v) is 5.44. The first-order chi connectivity index (χ1) is 8.36. The minimum absolute atomic E-state index is 0.270. The van der Waals surface area contributed by atoms with E-state index in [9.17, 15) is 0 Å². The predicted molar refractivity (Wildman–Crippen MR) is 71.5 cm³/mol. The zero-order chi connectivity index (χ0) is 11.7. The monoisotopic (exact) mass is 248 g/mol. The Hall–Kier alpha value is -1.00. The molecule has 1 atom stereocenters. The van der Waals surface area contributed by atoms with E-state index in [1.165, 1.54) is 11.3 Å². The van der Waals surface area contributed by atoms with Gasteiger partial charge in [-0.15, -0.1) is 0 Å². The van der Waals surface area contributed by atoms with E-state index in [0.29, 0.717) is 0 Å². The van der Waals surface area contributed by atoms with Crippen molar-refractivity contribution in [1.82, 2.24) is 10.3 Å². The van der Waals surface area contributed by atoms with Gasteiger partial charge in [-0.2, -0.15) is 11.8 Å². The van der Waals surface area contributed by atoms with Gasteiger partial charge in [0.15, 0.2) is 5.58 Å². The minimum Gasteiger partial charge on any atom is -0.439 e. The number of rotatable bonds is 2. The summed E-state index contributed by atoms with van der Waals surface area (Å²) in [6.45, 7) is 3.19. The molecule has 1 N–H and O–H groups in total. The van der Waals surface area contributed by atoms with Crippen molar-refractivity contribution in [3.8, 4) is 0 Å². The van der Waals surface area contributed by atoms with Crippen LogP contribution in [-0.4, -0.2) is 23.0 Å². The lowest BCUT2D eigenvalue weighted by atomic mass is 10.1. The van der Waals surface area contributed by atoms with Gasteiger partial charge in [-0.1, -0.05) is 13.0 Å². The van der Waals surface area contributed by atoms with Crippen LogP contribution >= 0.6 is 11.8 Å². The summed E-state index contributed by atoms with van der Waals surface area (Å²) < 4.78 is 5.82. The number of benzene rings is 1. The van der Waals surface area contributed by atoms with Gasteiger partial charge >= 0.3 is 0 Å². The Morgan fingerprint density at radius 1 is 1.53 bits per heavy atom. The maximum Gasteiger partial charge on any atom is 0.213 e. The molecule has 3 nitrogen and oxygen atoms in total. The summed E-state index contributed by atoms with van der Waals surface area (Å²) in [5.74, 6) is 3.06. The summed E-state index contributed by atoms with van der Waals surface area (Å²) in [6.07, 6.45) is 1.04. The molecule has 1 aliphatic heterocycles. The number of hydrogen-bond acceptors (Lipinski definition) is 4. The summed E-state index contributed by atoms with van der Waals surface area (Å²) >= 11 is 1.95. The van der Waals surface area contributed by atoms with E-state index >= 15 is 0 Å². The summed E-state index contributed by atoms with van der Waals surface area (Å²) in [6, 6.07) is 6.53. The first kappa shape index (κ1) is 11.1. The van der Waals surface area contributed by atoms with Crippen LogP contribution in [0.4, 0.5) is 0 Å². The molecule has 2 heterocycles. The van der Waals surface area contributed by atoms with Crippen molar-refractivity contribution in [2.45, 2.75) is 19.4 Å². The number of nitrogens with zero attached hydrogens (tertiary/aromatic N) is 1. The Kier molecular flexibility index (Phi) is 3.07. The zero-order valence-electron chi connectivity index (χ0n) is 9.90. The molecule has 17 heavy (non-hydrogen) atoms. The highest BCUT2D eigenvalue weighted by Crippen LogP contribution is 2.25. The molecule has 1 fully saturated rings. The van der Waals surface area contributed by atoms with E-state index in [1.54, 1.807) is 0 Å². The van der Waals surface area contributed by atoms with E-state index in [4.69, 9.17) is 4.42 Å². The molecule has 1 aromatic heterocycles. The van der Waals surface area contributed by atoms with Gasteiger partial charge in [-0.05, 0) is 24.1 Å². The molecule has 1 aromatic carbocycles. The standard InChI is InChI=1S/C13H16N2OS/c1-2-9-3-4-12-10(7-9)15-13(16-12)11-8-17-6-5-14-11/h3-4,7,11,14H,2,5-6,8H2,1H3. The molecular weight excluding hydrogens is 232 g/mol. The lowest BCUT2D eigenvalue weighted by molar-refractivity contribution is 0.441. The SMILES string of the molecule is CCc1ccc2oc(C3CSCCN3)nc2c1. The maximum absolute atomic E-state index is 5.82. The maximum atomic E-state index is 5.82. The van der Waals surface area contributed by atoms with E-state index < -0.39 is 0 Å². The summed E-state index contributed by atoms with van der Waals surface area (Å²) in [5.41, 5.74) is 3.19. The number of aromatic nitrogens is 1. The molecule has 4 heteroatoms. The first-order valence-corrected chi connectivity index (χ1v) is 7.23. The second-order valence-electron chi connectivity index (χ2n) is 4.29. The Labute approximate surface area is 105 Å². The van der Waals surface area contributed by atoms with Crippen LogP contribution in [0, 0.1) is 0 Å². The van der Waals surface area contributed by atoms with Crippen molar-refractivity contribution in [1.29, 1.82) is 0 Å². The largest absolute Gasteiger partial charge is 0.439 e. The molecule has 0 radical (unpaired) electrons. The second kappa shape index (κ2) is 4.70. The quantitative estimate of drug-likeness (QED) is 0.887. The normalized spacial score (nSPS) is 20.9. The van der Waals surface area contributed by atoms with Gasteiger partial charge in [0.25, 0.3) is 0 Å². The van der Waals surface area contributed by atoms with Crippen LogP contribution in [0.25, 0.3) is 11.1 Å². The van der Waals surface area contributed by atoms with E-state index in [1.807, 2.05) is 17.8 Å². The fraction of sp³-hybridized carbons (Fsp3) is 0.462. The molecule has 0 bridgehead atoms. The Morgan fingerprint density at radius 2 is 2.47 bits per heavy atom. The van der Waals surface area contributed by atoms with Crippen molar-refractivity contribution >= 4 is 22.9 Å². The Morgan fingerprint density at radius 3 is 3.24 bits per heavy atom. The van der Waals surface area contributed by atoms with Gasteiger partial charge in [0, 0.05) is 18.1 Å². The molecule has 1 aliphatic rings. The van der Waals surface area contributed by atoms with Gasteiger partial charge < -0.3 is 9.73 Å². The molecule has 0 aliphatic carbocycles. The third kappa shape index (κ3) is 2.19. The smallest absolute Gasteiger partial charge is 0.213 e. The number of oxazole rings is 1. The van der Waals surface area contributed by atoms with Crippen LogP contribution in [0.3, 0.4) is 0 Å². The van der Waals surface area contributed by atoms with Crippen LogP contribution in [0.15, 0.2) is 22.6 Å². The van der Waals surface area contributed by atoms with Gasteiger partial charge in [0.1, 0.15) is 5.52 Å². The highest BCUT2D eigenvalue weighted by Gasteiger charge is 2.20. The van der Waals surface area contributed by atoms with Crippen molar-refractivity contribution in [3.05, 3.63) is 29.7 Å². The molecule has 3 rings (SSSR count). The van der Waals surface area contributed by atoms with Gasteiger partial charge in [-0.25, -0.2) is 4.98 Å². The third-order valence-electron chi connectivity index (χ3n) is 3.10. The number of hydrogen-bond donors (Lipinski definition) is 1. The van der Waals surface area contributed by atoms with Crippen molar-refractivity contribution in [2.24, 2.45) is 0 Å². The van der Waals surface area contributed by atoms with Crippen LogP contribution in [0.1, 0.15) is 24.4 Å². The van der Waals surface area contributed by atoms with Gasteiger partial charge in [0.05, 0.1) is 6.04 Å². The molecule has 1 saturated heterocycles. The fourth-order valence-electron chi connectivity index (χ4n) is 2.08. The first-order valence-electron chi connectivity index (χ1n) is 6.07. The highest BCUT2D eigenvalue weighted by atomic mass is 32.2. The van der Waals surface area contributed by atoms with Gasteiger partial charge in [0.2, 0.25) is 5.89 Å². The van der Waals surface area contributed by atoms with Crippen LogP contribution in [-0.2, 0) is 6.42 Å².